The number of amides is 1. The molecule has 2 rings (SSSR count). The van der Waals surface area contributed by atoms with Crippen molar-refractivity contribution in [3.8, 4) is 0 Å². The maximum absolute atomic E-state index is 12.4. The van der Waals surface area contributed by atoms with E-state index < -0.39 is 30.6 Å². The van der Waals surface area contributed by atoms with Crippen LogP contribution >= 0.6 is 0 Å². The van der Waals surface area contributed by atoms with Gasteiger partial charge in [-0.3, -0.25) is 14.5 Å². The Balaban J connectivity index is 2.38. The van der Waals surface area contributed by atoms with Gasteiger partial charge in [0.1, 0.15) is 18.1 Å². The van der Waals surface area contributed by atoms with E-state index in [0.29, 0.717) is 11.3 Å². The molecule has 8 nitrogen and oxygen atoms in total. The molecule has 23 heavy (non-hydrogen) atoms. The van der Waals surface area contributed by atoms with Crippen molar-refractivity contribution in [1.82, 2.24) is 4.90 Å². The van der Waals surface area contributed by atoms with Crippen molar-refractivity contribution in [2.75, 3.05) is 12.3 Å². The zero-order valence-corrected chi connectivity index (χ0v) is 12.5. The molecule has 0 bridgehead atoms. The van der Waals surface area contributed by atoms with Gasteiger partial charge in [0.15, 0.2) is 0 Å². The molecule has 0 radical (unpaired) electrons. The van der Waals surface area contributed by atoms with Gasteiger partial charge >= 0.3 is 5.97 Å². The summed E-state index contributed by atoms with van der Waals surface area (Å²) in [5.41, 5.74) is 12.7. The van der Waals surface area contributed by atoms with E-state index in [4.69, 9.17) is 16.6 Å². The predicted octanol–water partition coefficient (Wildman–Crippen LogP) is -0.357. The molecule has 122 valence electrons. The van der Waals surface area contributed by atoms with Crippen LogP contribution in [0.15, 0.2) is 35.0 Å². The monoisotopic (exact) mass is 318 g/mol. The smallest absolute Gasteiger partial charge is 0.323 e. The third kappa shape index (κ3) is 3.74. The van der Waals surface area contributed by atoms with Crippen molar-refractivity contribution >= 4 is 29.5 Å². The fraction of sp³-hybridized carbons (Fsp3) is 0.267. The predicted molar refractivity (Wildman–Crippen MR) is 85.3 cm³/mol. The molecule has 0 aromatic heterocycles. The molecule has 0 fully saturated rings. The van der Waals surface area contributed by atoms with Gasteiger partial charge in [-0.25, -0.2) is 4.99 Å². The zero-order chi connectivity index (χ0) is 17.1. The van der Waals surface area contributed by atoms with Crippen molar-refractivity contribution in [3.05, 3.63) is 35.5 Å². The van der Waals surface area contributed by atoms with Crippen LogP contribution in [0.1, 0.15) is 12.5 Å². The highest BCUT2D eigenvalue weighted by Crippen LogP contribution is 2.20. The summed E-state index contributed by atoms with van der Waals surface area (Å²) in [7, 11) is 0. The Bertz CT molecular complexity index is 679. The molecule has 0 saturated carbocycles. The number of carboxylic acid groups (broad SMARTS) is 1. The van der Waals surface area contributed by atoms with Crippen molar-refractivity contribution < 1.29 is 19.8 Å². The molecule has 0 aliphatic carbocycles. The number of amidine groups is 1. The highest BCUT2D eigenvalue weighted by Gasteiger charge is 2.36. The number of aliphatic hydroxyl groups is 1. The van der Waals surface area contributed by atoms with E-state index in [9.17, 15) is 14.7 Å². The van der Waals surface area contributed by atoms with Crippen LogP contribution in [0.3, 0.4) is 0 Å². The van der Waals surface area contributed by atoms with Gasteiger partial charge in [-0.15, -0.1) is 0 Å². The fourth-order valence-electron chi connectivity index (χ4n) is 2.08. The van der Waals surface area contributed by atoms with Crippen molar-refractivity contribution in [1.29, 1.82) is 0 Å². The summed E-state index contributed by atoms with van der Waals surface area (Å²) in [5, 5.41) is 18.6. The summed E-state index contributed by atoms with van der Waals surface area (Å²) in [6.07, 6.45) is 0.534. The Kier molecular flexibility index (Phi) is 4.77. The molecule has 0 unspecified atom stereocenters. The van der Waals surface area contributed by atoms with E-state index in [-0.39, 0.29) is 11.5 Å². The molecule has 6 N–H and O–H groups in total. The molecule has 1 amide bonds. The SMILES string of the molecule is C[C@@H](O)[C@H](N)C1=N/C(=C\c2ccc(N)cc2)C(=O)N1CC(=O)O. The van der Waals surface area contributed by atoms with Gasteiger partial charge in [0.05, 0.1) is 12.1 Å². The summed E-state index contributed by atoms with van der Waals surface area (Å²) >= 11 is 0. The Labute approximate surface area is 132 Å². The minimum absolute atomic E-state index is 0.0362. The lowest BCUT2D eigenvalue weighted by atomic mass is 10.1. The number of carbonyl (C=O) groups excluding carboxylic acids is 1. The first-order valence-corrected chi connectivity index (χ1v) is 6.92. The molecule has 0 saturated heterocycles. The Morgan fingerprint density at radius 3 is 2.52 bits per heavy atom. The maximum Gasteiger partial charge on any atom is 0.323 e. The minimum Gasteiger partial charge on any atom is -0.480 e. The zero-order valence-electron chi connectivity index (χ0n) is 12.5. The number of aliphatic carboxylic acids is 1. The highest BCUT2D eigenvalue weighted by molar-refractivity contribution is 6.17. The summed E-state index contributed by atoms with van der Waals surface area (Å²) < 4.78 is 0. The summed E-state index contributed by atoms with van der Waals surface area (Å²) in [6.45, 7) is 0.870. The van der Waals surface area contributed by atoms with Gasteiger partial charge in [-0.1, -0.05) is 12.1 Å². The van der Waals surface area contributed by atoms with E-state index in [1.54, 1.807) is 24.3 Å². The molecule has 1 aliphatic rings. The van der Waals surface area contributed by atoms with Gasteiger partial charge in [-0.2, -0.15) is 0 Å². The number of carbonyl (C=O) groups is 2. The third-order valence-electron chi connectivity index (χ3n) is 3.33. The number of aliphatic imine (C=N–C) groups is 1. The average Bonchev–Trinajstić information content (AvgIpc) is 2.77. The Morgan fingerprint density at radius 1 is 1.39 bits per heavy atom. The van der Waals surface area contributed by atoms with Gasteiger partial charge in [-0.05, 0) is 30.7 Å². The molecular formula is C15H18N4O4. The third-order valence-corrected chi connectivity index (χ3v) is 3.33. The normalized spacial score (nSPS) is 18.9. The van der Waals surface area contributed by atoms with E-state index >= 15 is 0 Å². The van der Waals surface area contributed by atoms with Crippen molar-refractivity contribution in [2.45, 2.75) is 19.1 Å². The molecule has 1 aromatic rings. The van der Waals surface area contributed by atoms with Gasteiger partial charge < -0.3 is 21.7 Å². The second kappa shape index (κ2) is 6.59. The Hall–Kier alpha value is -2.71. The summed E-state index contributed by atoms with van der Waals surface area (Å²) in [4.78, 5) is 28.4. The number of nitrogen functional groups attached to an aromatic ring is 1. The van der Waals surface area contributed by atoms with Gasteiger partial charge in [0.25, 0.3) is 5.91 Å². The average molecular weight is 318 g/mol. The largest absolute Gasteiger partial charge is 0.480 e. The van der Waals surface area contributed by atoms with Crippen LogP contribution in [-0.4, -0.2) is 51.5 Å². The minimum atomic E-state index is -1.20. The topological polar surface area (TPSA) is 142 Å². The quantitative estimate of drug-likeness (QED) is 0.431. The first-order valence-electron chi connectivity index (χ1n) is 6.92. The molecule has 1 aliphatic heterocycles. The lowest BCUT2D eigenvalue weighted by Gasteiger charge is -2.22. The number of benzene rings is 1. The number of rotatable bonds is 5. The number of anilines is 1. The summed E-state index contributed by atoms with van der Waals surface area (Å²) in [5.74, 6) is -1.73. The molecule has 0 spiro atoms. The second-order valence-electron chi connectivity index (χ2n) is 5.22. The highest BCUT2D eigenvalue weighted by atomic mass is 16.4. The number of hydrogen-bond acceptors (Lipinski definition) is 6. The lowest BCUT2D eigenvalue weighted by Crippen LogP contribution is -2.50. The first-order chi connectivity index (χ1) is 10.8. The van der Waals surface area contributed by atoms with Crippen molar-refractivity contribution in [3.63, 3.8) is 0 Å². The van der Waals surface area contributed by atoms with Crippen LogP contribution < -0.4 is 11.5 Å². The lowest BCUT2D eigenvalue weighted by molar-refractivity contribution is -0.140. The molecule has 1 aromatic carbocycles. The molecule has 1 heterocycles. The Morgan fingerprint density at radius 2 is 2.00 bits per heavy atom. The van der Waals surface area contributed by atoms with E-state index in [1.165, 1.54) is 13.0 Å². The number of hydrogen-bond donors (Lipinski definition) is 4. The first kappa shape index (κ1) is 16.7. The molecular weight excluding hydrogens is 300 g/mol. The fourth-order valence-corrected chi connectivity index (χ4v) is 2.08. The van der Waals surface area contributed by atoms with Crippen LogP contribution in [0, 0.1) is 0 Å². The van der Waals surface area contributed by atoms with Gasteiger partial charge in [0.2, 0.25) is 0 Å². The van der Waals surface area contributed by atoms with Crippen LogP contribution in [0.4, 0.5) is 5.69 Å². The van der Waals surface area contributed by atoms with E-state index in [1.807, 2.05) is 0 Å². The van der Waals surface area contributed by atoms with Gasteiger partial charge in [0, 0.05) is 5.69 Å². The number of carboxylic acids is 1. The van der Waals surface area contributed by atoms with Crippen LogP contribution in [0.25, 0.3) is 6.08 Å². The van der Waals surface area contributed by atoms with Crippen LogP contribution in [-0.2, 0) is 9.59 Å². The standard InChI is InChI=1S/C15H18N4O4/c1-8(20)13(17)14-18-11(15(23)19(14)7-12(21)22)6-9-2-4-10(16)5-3-9/h2-6,8,13,20H,7,16-17H2,1H3,(H,21,22)/b11-6-/t8-,13+/m1/s1. The second-order valence-corrected chi connectivity index (χ2v) is 5.22. The molecule has 2 atom stereocenters. The van der Waals surface area contributed by atoms with Crippen LogP contribution in [0.2, 0.25) is 0 Å². The van der Waals surface area contributed by atoms with Crippen LogP contribution in [0.5, 0.6) is 0 Å². The number of nitrogens with two attached hydrogens (primary N) is 2. The number of nitrogens with zero attached hydrogens (tertiary/aromatic N) is 2. The van der Waals surface area contributed by atoms with E-state index in [2.05, 4.69) is 4.99 Å². The number of aliphatic hydroxyl groups excluding tert-OH is 1. The van der Waals surface area contributed by atoms with Crippen molar-refractivity contribution in [2.24, 2.45) is 10.7 Å². The summed E-state index contributed by atoms with van der Waals surface area (Å²) in [6, 6.07) is 5.80. The van der Waals surface area contributed by atoms with E-state index in [0.717, 1.165) is 4.90 Å². The maximum atomic E-state index is 12.4. The molecule has 8 heteroatoms.